The van der Waals surface area contributed by atoms with E-state index in [1.165, 1.54) is 9.71 Å². The third kappa shape index (κ3) is 6.78. The molecule has 8 nitrogen and oxygen atoms in total. The molecule has 1 amide bonds. The van der Waals surface area contributed by atoms with Crippen LogP contribution in [0.3, 0.4) is 0 Å². The highest BCUT2D eigenvalue weighted by atomic mass is 79.9. The van der Waals surface area contributed by atoms with Crippen LogP contribution in [-0.2, 0) is 34.2 Å². The molecule has 3 aromatic rings. The molecule has 1 heterocycles. The number of amides is 1. The summed E-state index contributed by atoms with van der Waals surface area (Å²) in [5, 5.41) is 10.8. The van der Waals surface area contributed by atoms with Crippen molar-refractivity contribution in [2.45, 2.75) is 39.3 Å². The minimum absolute atomic E-state index is 0.0500. The van der Waals surface area contributed by atoms with Gasteiger partial charge in [-0.05, 0) is 42.2 Å². The largest absolute Gasteiger partial charge is 0.328 e. The molecule has 0 aliphatic heterocycles. The van der Waals surface area contributed by atoms with Gasteiger partial charge in [-0.25, -0.2) is 4.98 Å². The molecule has 10 heteroatoms. The van der Waals surface area contributed by atoms with E-state index in [2.05, 4.69) is 20.9 Å². The Balaban J connectivity index is 2.07. The van der Waals surface area contributed by atoms with Crippen molar-refractivity contribution in [3.05, 3.63) is 82.9 Å². The van der Waals surface area contributed by atoms with Crippen LogP contribution in [0.25, 0.3) is 0 Å². The number of carbonyl (C=O) groups is 1. The first-order valence-corrected chi connectivity index (χ1v) is 13.5. The molecule has 0 saturated carbocycles. The standard InChI is InChI=1S/C25H28BrN5O3S/c1-3-21-15-22(26)10-11-24(21)30(25(32)17-29-13-12-28-19-29)16-23(14-20-8-6-5-7-9-20)31(4-2)35(33,34)18-27/h5-13,15,19,23H,3-4,14,16-17H2,1-2H3. The number of hydrogen-bond acceptors (Lipinski definition) is 5. The van der Waals surface area contributed by atoms with Gasteiger partial charge in [-0.15, -0.1) is 0 Å². The average molecular weight is 559 g/mol. The van der Waals surface area contributed by atoms with Gasteiger partial charge in [0.15, 0.2) is 0 Å². The Labute approximate surface area is 215 Å². The van der Waals surface area contributed by atoms with Gasteiger partial charge in [0, 0.05) is 41.7 Å². The Bertz CT molecular complexity index is 1270. The summed E-state index contributed by atoms with van der Waals surface area (Å²) < 4.78 is 29.2. The number of rotatable bonds is 11. The molecule has 184 valence electrons. The lowest BCUT2D eigenvalue weighted by Crippen LogP contribution is -2.50. The van der Waals surface area contributed by atoms with Crippen LogP contribution in [0.5, 0.6) is 0 Å². The number of thiocyanates is 1. The molecule has 0 fully saturated rings. The Hall–Kier alpha value is -3.00. The zero-order chi connectivity index (χ0) is 25.4. The number of aromatic nitrogens is 2. The Morgan fingerprint density at radius 2 is 1.94 bits per heavy atom. The van der Waals surface area contributed by atoms with Crippen molar-refractivity contribution >= 4 is 37.5 Å². The Morgan fingerprint density at radius 1 is 1.20 bits per heavy atom. The normalized spacial score (nSPS) is 12.3. The number of likely N-dealkylation sites (N-methyl/N-ethyl adjacent to an activating group) is 1. The number of imidazole rings is 1. The smallest absolute Gasteiger partial charge is 0.308 e. The zero-order valence-corrected chi connectivity index (χ0v) is 22.1. The maximum Gasteiger partial charge on any atom is 0.308 e. The second-order valence-electron chi connectivity index (χ2n) is 8.01. The number of halogens is 1. The highest BCUT2D eigenvalue weighted by Crippen LogP contribution is 2.27. The topological polar surface area (TPSA) is 99.3 Å². The van der Waals surface area contributed by atoms with Gasteiger partial charge in [-0.3, -0.25) is 4.79 Å². The van der Waals surface area contributed by atoms with Crippen LogP contribution >= 0.6 is 15.9 Å². The zero-order valence-electron chi connectivity index (χ0n) is 19.7. The van der Waals surface area contributed by atoms with Crippen molar-refractivity contribution in [1.82, 2.24) is 13.9 Å². The fraction of sp³-hybridized carbons (Fsp3) is 0.320. The van der Waals surface area contributed by atoms with Crippen LogP contribution < -0.4 is 4.90 Å². The van der Waals surface area contributed by atoms with Crippen LogP contribution in [0.15, 0.2) is 71.7 Å². The van der Waals surface area contributed by atoms with Gasteiger partial charge in [0.05, 0.1) is 6.33 Å². The first-order chi connectivity index (χ1) is 16.8. The van der Waals surface area contributed by atoms with E-state index in [-0.39, 0.29) is 25.5 Å². The number of sulfonamides is 1. The van der Waals surface area contributed by atoms with E-state index in [0.717, 1.165) is 15.6 Å². The number of hydrogen-bond donors (Lipinski definition) is 0. The fourth-order valence-electron chi connectivity index (χ4n) is 4.09. The summed E-state index contributed by atoms with van der Waals surface area (Å²) in [4.78, 5) is 19.3. The third-order valence-electron chi connectivity index (χ3n) is 5.74. The van der Waals surface area contributed by atoms with Gasteiger partial charge in [-0.2, -0.15) is 18.0 Å². The van der Waals surface area contributed by atoms with Gasteiger partial charge in [0.2, 0.25) is 11.3 Å². The summed E-state index contributed by atoms with van der Waals surface area (Å²) >= 11 is 3.50. The predicted molar refractivity (Wildman–Crippen MR) is 139 cm³/mol. The van der Waals surface area contributed by atoms with Crippen molar-refractivity contribution in [3.63, 3.8) is 0 Å². The van der Waals surface area contributed by atoms with E-state index in [4.69, 9.17) is 0 Å². The van der Waals surface area contributed by atoms with E-state index in [1.807, 2.05) is 55.5 Å². The van der Waals surface area contributed by atoms with Crippen molar-refractivity contribution in [1.29, 1.82) is 5.26 Å². The molecule has 1 unspecified atom stereocenters. The fourth-order valence-corrected chi connectivity index (χ4v) is 5.48. The molecule has 0 N–H and O–H groups in total. The average Bonchev–Trinajstić information content (AvgIpc) is 3.36. The Morgan fingerprint density at radius 3 is 2.54 bits per heavy atom. The number of anilines is 1. The quantitative estimate of drug-likeness (QED) is 0.262. The maximum atomic E-state index is 13.6. The molecule has 0 aliphatic carbocycles. The van der Waals surface area contributed by atoms with Crippen molar-refractivity contribution in [3.8, 4) is 5.40 Å². The molecule has 0 aliphatic rings. The van der Waals surface area contributed by atoms with Gasteiger partial charge in [0.1, 0.15) is 6.54 Å². The molecule has 1 aromatic heterocycles. The molecule has 35 heavy (non-hydrogen) atoms. The van der Waals surface area contributed by atoms with Gasteiger partial charge < -0.3 is 9.47 Å². The third-order valence-corrected chi connectivity index (χ3v) is 7.64. The van der Waals surface area contributed by atoms with E-state index < -0.39 is 16.1 Å². The summed E-state index contributed by atoms with van der Waals surface area (Å²) in [6.45, 7) is 3.95. The summed E-state index contributed by atoms with van der Waals surface area (Å²) in [5.74, 6) is -0.205. The SMILES string of the molecule is CCc1cc(Br)ccc1N(CC(Cc1ccccc1)N(CC)S(=O)(=O)C#N)C(=O)Cn1ccnc1. The maximum absolute atomic E-state index is 13.6. The van der Waals surface area contributed by atoms with Crippen molar-refractivity contribution in [2.24, 2.45) is 0 Å². The molecule has 1 atom stereocenters. The second kappa shape index (κ2) is 12.1. The number of benzene rings is 2. The predicted octanol–water partition coefficient (Wildman–Crippen LogP) is 3.99. The van der Waals surface area contributed by atoms with Gasteiger partial charge in [-0.1, -0.05) is 60.1 Å². The Kier molecular flexibility index (Phi) is 9.20. The molecule has 2 aromatic carbocycles. The lowest BCUT2D eigenvalue weighted by atomic mass is 10.0. The van der Waals surface area contributed by atoms with Crippen molar-refractivity contribution in [2.75, 3.05) is 18.0 Å². The van der Waals surface area contributed by atoms with E-state index >= 15 is 0 Å². The monoisotopic (exact) mass is 557 g/mol. The van der Waals surface area contributed by atoms with Gasteiger partial charge >= 0.3 is 10.0 Å². The highest BCUT2D eigenvalue weighted by molar-refractivity contribution is 9.10. The lowest BCUT2D eigenvalue weighted by molar-refractivity contribution is -0.119. The number of nitriles is 1. The molecule has 0 spiro atoms. The molecular weight excluding hydrogens is 530 g/mol. The second-order valence-corrected chi connectivity index (χ2v) is 10.5. The van der Waals surface area contributed by atoms with E-state index in [1.54, 1.807) is 35.1 Å². The van der Waals surface area contributed by atoms with E-state index in [9.17, 15) is 18.5 Å². The summed E-state index contributed by atoms with van der Waals surface area (Å²) in [6.07, 6.45) is 5.91. The van der Waals surface area contributed by atoms with Crippen molar-refractivity contribution < 1.29 is 13.2 Å². The molecule has 0 bridgehead atoms. The first-order valence-electron chi connectivity index (χ1n) is 11.3. The van der Waals surface area contributed by atoms with Crippen LogP contribution in [0, 0.1) is 10.7 Å². The highest BCUT2D eigenvalue weighted by Gasteiger charge is 2.32. The lowest BCUT2D eigenvalue weighted by Gasteiger charge is -2.34. The number of carbonyl (C=O) groups excluding carboxylic acids is 1. The van der Waals surface area contributed by atoms with Crippen LogP contribution in [0.1, 0.15) is 25.0 Å². The minimum atomic E-state index is -4.18. The minimum Gasteiger partial charge on any atom is -0.328 e. The molecule has 0 saturated heterocycles. The van der Waals surface area contributed by atoms with Crippen LogP contribution in [-0.4, -0.2) is 47.3 Å². The molecular formula is C25H28BrN5O3S. The molecule has 3 rings (SSSR count). The van der Waals surface area contributed by atoms with Gasteiger partial charge in [0.25, 0.3) is 0 Å². The molecule has 0 radical (unpaired) electrons. The number of aryl methyl sites for hydroxylation is 1. The van der Waals surface area contributed by atoms with Crippen LogP contribution in [0.2, 0.25) is 0 Å². The number of nitrogens with zero attached hydrogens (tertiary/aromatic N) is 5. The summed E-state index contributed by atoms with van der Waals surface area (Å²) in [5.41, 5.74) is 2.57. The first kappa shape index (κ1) is 26.6. The summed E-state index contributed by atoms with van der Waals surface area (Å²) in [7, 11) is -4.18. The van der Waals surface area contributed by atoms with E-state index in [0.29, 0.717) is 18.5 Å². The summed E-state index contributed by atoms with van der Waals surface area (Å²) in [6, 6.07) is 14.5. The van der Waals surface area contributed by atoms with Crippen LogP contribution in [0.4, 0.5) is 5.69 Å².